The number of halogens is 5. The van der Waals surface area contributed by atoms with Gasteiger partial charge in [-0.1, -0.05) is 36.9 Å². The second-order valence-electron chi connectivity index (χ2n) is 6.17. The fourth-order valence-electron chi connectivity index (χ4n) is 3.06. The van der Waals surface area contributed by atoms with Gasteiger partial charge in [0.15, 0.2) is 0 Å². The number of aryl methyl sites for hydroxylation is 1. The maximum absolute atomic E-state index is 14.8. The molecule has 0 atom stereocenters. The predicted octanol–water partition coefficient (Wildman–Crippen LogP) is 6.51. The summed E-state index contributed by atoms with van der Waals surface area (Å²) in [5, 5.41) is 0. The van der Waals surface area contributed by atoms with E-state index < -0.39 is 24.6 Å². The summed E-state index contributed by atoms with van der Waals surface area (Å²) in [6, 6.07) is 11.2. The summed E-state index contributed by atoms with van der Waals surface area (Å²) in [5.41, 5.74) is 1.38. The summed E-state index contributed by atoms with van der Waals surface area (Å²) in [6.07, 6.45) is -1.07. The topological polar surface area (TPSA) is 3.24 Å². The molecule has 0 saturated carbocycles. The molecule has 0 aromatic heterocycles. The van der Waals surface area contributed by atoms with Gasteiger partial charge in [0, 0.05) is 15.8 Å². The van der Waals surface area contributed by atoms with E-state index in [9.17, 15) is 17.6 Å². The van der Waals surface area contributed by atoms with Crippen LogP contribution in [0.3, 0.4) is 0 Å². The molecule has 1 aliphatic rings. The Morgan fingerprint density at radius 3 is 2.22 bits per heavy atom. The number of nitrogens with zero attached hydrogens (tertiary/aromatic N) is 1. The SMILES string of the molecule is C=C1C(Br)=CC(c2ccccc2)=C(c2c(F)cc(C)cc2F)N1CC(F)F. The van der Waals surface area contributed by atoms with Crippen LogP contribution in [0.15, 0.2) is 65.3 Å². The third-order valence-corrected chi connectivity index (χ3v) is 4.91. The Bertz CT molecular complexity index is 925. The lowest BCUT2D eigenvalue weighted by atomic mass is 9.93. The maximum atomic E-state index is 14.8. The quantitative estimate of drug-likeness (QED) is 0.492. The highest BCUT2D eigenvalue weighted by molar-refractivity contribution is 9.12. The molecule has 0 aliphatic carbocycles. The first-order valence-corrected chi connectivity index (χ1v) is 8.96. The van der Waals surface area contributed by atoms with E-state index in [2.05, 4.69) is 22.5 Å². The summed E-state index contributed by atoms with van der Waals surface area (Å²) in [6.45, 7) is 4.64. The van der Waals surface area contributed by atoms with Gasteiger partial charge in [-0.25, -0.2) is 17.6 Å². The van der Waals surface area contributed by atoms with Gasteiger partial charge in [0.25, 0.3) is 6.43 Å². The molecular formula is C21H16BrF4N. The molecule has 1 aliphatic heterocycles. The largest absolute Gasteiger partial charge is 0.334 e. The summed E-state index contributed by atoms with van der Waals surface area (Å²) in [4.78, 5) is 1.16. The standard InChI is InChI=1S/C21H16BrF4N/c1-12-8-17(23)20(18(24)9-12)21-15(14-6-4-3-5-7-14)10-16(22)13(2)27(21)11-19(25)26/h3-10,19H,2,11H2,1H3. The smallest absolute Gasteiger partial charge is 0.256 e. The van der Waals surface area contributed by atoms with Crippen LogP contribution < -0.4 is 0 Å². The highest BCUT2D eigenvalue weighted by atomic mass is 79.9. The van der Waals surface area contributed by atoms with Crippen molar-refractivity contribution in [2.24, 2.45) is 0 Å². The summed E-state index contributed by atoms with van der Waals surface area (Å²) < 4.78 is 56.6. The van der Waals surface area contributed by atoms with Gasteiger partial charge >= 0.3 is 0 Å². The van der Waals surface area contributed by atoms with Crippen molar-refractivity contribution in [1.82, 2.24) is 4.90 Å². The Labute approximate surface area is 163 Å². The Kier molecular flexibility index (Phi) is 5.56. The third-order valence-electron chi connectivity index (χ3n) is 4.23. The minimum absolute atomic E-state index is 0.0321. The molecule has 0 fully saturated rings. The number of hydrogen-bond donors (Lipinski definition) is 0. The summed E-state index contributed by atoms with van der Waals surface area (Å²) in [5.74, 6) is -1.62. The van der Waals surface area contributed by atoms with Crippen LogP contribution in [0.5, 0.6) is 0 Å². The highest BCUT2D eigenvalue weighted by Gasteiger charge is 2.31. The lowest BCUT2D eigenvalue weighted by Gasteiger charge is -2.34. The van der Waals surface area contributed by atoms with Gasteiger partial charge in [0.05, 0.1) is 17.8 Å². The predicted molar refractivity (Wildman–Crippen MR) is 103 cm³/mol. The molecule has 0 saturated heterocycles. The van der Waals surface area contributed by atoms with Crippen molar-refractivity contribution in [2.75, 3.05) is 6.54 Å². The molecule has 0 amide bonds. The van der Waals surface area contributed by atoms with Crippen molar-refractivity contribution in [3.05, 3.63) is 93.6 Å². The first-order chi connectivity index (χ1) is 12.8. The molecule has 0 spiro atoms. The molecule has 2 aromatic carbocycles. The van der Waals surface area contributed by atoms with E-state index in [1.807, 2.05) is 0 Å². The van der Waals surface area contributed by atoms with Gasteiger partial charge < -0.3 is 4.90 Å². The number of benzene rings is 2. The molecule has 0 radical (unpaired) electrons. The number of allylic oxidation sites excluding steroid dienone is 3. The minimum atomic E-state index is -2.72. The monoisotopic (exact) mass is 437 g/mol. The van der Waals surface area contributed by atoms with E-state index in [0.717, 1.165) is 4.90 Å². The minimum Gasteiger partial charge on any atom is -0.334 e. The van der Waals surface area contributed by atoms with Gasteiger partial charge in [0.1, 0.15) is 11.6 Å². The normalized spacial score (nSPS) is 14.9. The Morgan fingerprint density at radius 1 is 1.07 bits per heavy atom. The number of alkyl halides is 2. The molecule has 6 heteroatoms. The fourth-order valence-corrected chi connectivity index (χ4v) is 3.50. The summed E-state index contributed by atoms with van der Waals surface area (Å²) in [7, 11) is 0. The molecule has 27 heavy (non-hydrogen) atoms. The van der Waals surface area contributed by atoms with Crippen molar-refractivity contribution < 1.29 is 17.6 Å². The molecule has 3 rings (SSSR count). The molecule has 0 N–H and O–H groups in total. The van der Waals surface area contributed by atoms with E-state index in [4.69, 9.17) is 0 Å². The second-order valence-corrected chi connectivity index (χ2v) is 7.03. The maximum Gasteiger partial charge on any atom is 0.256 e. The lowest BCUT2D eigenvalue weighted by molar-refractivity contribution is 0.123. The zero-order valence-electron chi connectivity index (χ0n) is 14.4. The Morgan fingerprint density at radius 2 is 1.67 bits per heavy atom. The second kappa shape index (κ2) is 7.72. The fraction of sp³-hybridized carbons (Fsp3) is 0.143. The van der Waals surface area contributed by atoms with E-state index in [1.54, 1.807) is 43.3 Å². The van der Waals surface area contributed by atoms with Crippen LogP contribution in [0, 0.1) is 18.6 Å². The first kappa shape index (κ1) is 19.4. The van der Waals surface area contributed by atoms with Gasteiger partial charge in [-0.15, -0.1) is 0 Å². The highest BCUT2D eigenvalue weighted by Crippen LogP contribution is 2.42. The van der Waals surface area contributed by atoms with Crippen LogP contribution in [0.4, 0.5) is 17.6 Å². The van der Waals surface area contributed by atoms with Crippen molar-refractivity contribution >= 4 is 27.2 Å². The Hall–Kier alpha value is -2.34. The van der Waals surface area contributed by atoms with Crippen molar-refractivity contribution in [2.45, 2.75) is 13.3 Å². The number of hydrogen-bond acceptors (Lipinski definition) is 1. The van der Waals surface area contributed by atoms with Gasteiger partial charge in [-0.3, -0.25) is 0 Å². The van der Waals surface area contributed by atoms with Crippen LogP contribution in [-0.4, -0.2) is 17.9 Å². The van der Waals surface area contributed by atoms with E-state index in [0.29, 0.717) is 21.2 Å². The molecule has 1 nitrogen and oxygen atoms in total. The van der Waals surface area contributed by atoms with E-state index in [-0.39, 0.29) is 17.0 Å². The Balaban J connectivity index is 2.36. The van der Waals surface area contributed by atoms with Crippen LogP contribution in [0.2, 0.25) is 0 Å². The zero-order chi connectivity index (χ0) is 19.7. The van der Waals surface area contributed by atoms with Gasteiger partial charge in [0.2, 0.25) is 0 Å². The van der Waals surface area contributed by atoms with Crippen LogP contribution >= 0.6 is 15.9 Å². The molecular weight excluding hydrogens is 422 g/mol. The van der Waals surface area contributed by atoms with E-state index >= 15 is 0 Å². The van der Waals surface area contributed by atoms with Gasteiger partial charge in [-0.2, -0.15) is 0 Å². The first-order valence-electron chi connectivity index (χ1n) is 8.17. The van der Waals surface area contributed by atoms with Crippen molar-refractivity contribution in [1.29, 1.82) is 0 Å². The molecule has 1 heterocycles. The average Bonchev–Trinajstić information content (AvgIpc) is 2.60. The van der Waals surface area contributed by atoms with E-state index in [1.165, 1.54) is 12.1 Å². The lowest BCUT2D eigenvalue weighted by Crippen LogP contribution is -2.30. The summed E-state index contributed by atoms with van der Waals surface area (Å²) >= 11 is 3.32. The van der Waals surface area contributed by atoms with Crippen LogP contribution in [-0.2, 0) is 0 Å². The zero-order valence-corrected chi connectivity index (χ0v) is 16.0. The molecule has 140 valence electrons. The van der Waals surface area contributed by atoms with Crippen molar-refractivity contribution in [3.8, 4) is 0 Å². The molecule has 0 bridgehead atoms. The van der Waals surface area contributed by atoms with Crippen LogP contribution in [0.1, 0.15) is 16.7 Å². The third kappa shape index (κ3) is 3.86. The molecule has 0 unspecified atom stereocenters. The van der Waals surface area contributed by atoms with Crippen molar-refractivity contribution in [3.63, 3.8) is 0 Å². The van der Waals surface area contributed by atoms with Gasteiger partial charge in [-0.05, 0) is 52.2 Å². The number of rotatable bonds is 4. The average molecular weight is 438 g/mol. The molecule has 2 aromatic rings. The van der Waals surface area contributed by atoms with Crippen LogP contribution in [0.25, 0.3) is 11.3 Å².